The lowest BCUT2D eigenvalue weighted by molar-refractivity contribution is -0.274. The van der Waals surface area contributed by atoms with E-state index in [1.807, 2.05) is 22.8 Å². The maximum absolute atomic E-state index is 12.7. The lowest BCUT2D eigenvalue weighted by atomic mass is 10.00. The number of hydrogen-bond donors (Lipinski definition) is 1. The van der Waals surface area contributed by atoms with Crippen LogP contribution in [0.3, 0.4) is 0 Å². The molecule has 176 valence electrons. The minimum absolute atomic E-state index is 0.268. The number of rotatable bonds is 8. The number of halogens is 3. The molecule has 0 radical (unpaired) electrons. The summed E-state index contributed by atoms with van der Waals surface area (Å²) in [5, 5.41) is 0. The summed E-state index contributed by atoms with van der Waals surface area (Å²) in [4.78, 5) is 12.3. The zero-order chi connectivity index (χ0) is 24.3. The molecule has 3 rings (SSSR count). The number of hydrogen-bond acceptors (Lipinski definition) is 4. The highest BCUT2D eigenvalue weighted by atomic mass is 19.4. The highest BCUT2D eigenvalue weighted by molar-refractivity contribution is 6.02. The van der Waals surface area contributed by atoms with Crippen molar-refractivity contribution in [1.29, 1.82) is 0 Å². The van der Waals surface area contributed by atoms with Crippen LogP contribution in [0.15, 0.2) is 42.5 Å². The summed E-state index contributed by atoms with van der Waals surface area (Å²) in [6, 6.07) is 11.1. The quantitative estimate of drug-likeness (QED) is 0.510. The monoisotopic (exact) mass is 462 g/mol. The van der Waals surface area contributed by atoms with Crippen LogP contribution in [-0.4, -0.2) is 31.1 Å². The molecule has 0 atom stereocenters. The van der Waals surface area contributed by atoms with Crippen molar-refractivity contribution in [1.82, 2.24) is 4.57 Å². The van der Waals surface area contributed by atoms with Crippen LogP contribution in [0.4, 0.5) is 13.2 Å². The van der Waals surface area contributed by atoms with Crippen molar-refractivity contribution in [2.24, 2.45) is 5.73 Å². The van der Waals surface area contributed by atoms with Crippen LogP contribution in [-0.2, 0) is 13.0 Å². The number of aromatic nitrogens is 1. The third-order valence-electron chi connectivity index (χ3n) is 5.46. The Bertz CT molecular complexity index is 1170. The first-order valence-electron chi connectivity index (χ1n) is 10.1. The minimum Gasteiger partial charge on any atom is -0.493 e. The molecule has 1 heterocycles. The van der Waals surface area contributed by atoms with E-state index in [9.17, 15) is 18.0 Å². The van der Waals surface area contributed by atoms with Gasteiger partial charge in [0.15, 0.2) is 11.5 Å². The summed E-state index contributed by atoms with van der Waals surface area (Å²) in [6.45, 7) is 4.09. The smallest absolute Gasteiger partial charge is 0.493 e. The Hall–Kier alpha value is -3.62. The zero-order valence-electron chi connectivity index (χ0n) is 18.7. The van der Waals surface area contributed by atoms with Gasteiger partial charge >= 0.3 is 6.36 Å². The van der Waals surface area contributed by atoms with Crippen LogP contribution in [0.1, 0.15) is 27.3 Å². The number of alkyl halides is 3. The average Bonchev–Trinajstić information content (AvgIpc) is 3.00. The summed E-state index contributed by atoms with van der Waals surface area (Å²) < 4.78 is 54.6. The van der Waals surface area contributed by atoms with Gasteiger partial charge in [-0.1, -0.05) is 18.2 Å². The fourth-order valence-corrected chi connectivity index (χ4v) is 4.00. The van der Waals surface area contributed by atoms with Gasteiger partial charge in [-0.05, 0) is 55.7 Å². The molecule has 6 nitrogen and oxygen atoms in total. The molecule has 0 fully saturated rings. The number of methoxy groups -OCH3 is 2. The van der Waals surface area contributed by atoms with Gasteiger partial charge in [-0.15, -0.1) is 13.2 Å². The van der Waals surface area contributed by atoms with E-state index in [-0.39, 0.29) is 11.3 Å². The van der Waals surface area contributed by atoms with Crippen molar-refractivity contribution in [2.75, 3.05) is 14.2 Å². The molecular weight excluding hydrogens is 437 g/mol. The molecule has 0 bridgehead atoms. The van der Waals surface area contributed by atoms with E-state index in [1.54, 1.807) is 34.1 Å². The number of primary amides is 1. The van der Waals surface area contributed by atoms with E-state index >= 15 is 0 Å². The predicted octanol–water partition coefficient (Wildman–Crippen LogP) is 5.03. The molecule has 0 spiro atoms. The van der Waals surface area contributed by atoms with Crippen molar-refractivity contribution in [3.63, 3.8) is 0 Å². The molecule has 0 aliphatic carbocycles. The molecule has 0 unspecified atom stereocenters. The molecule has 1 aromatic heterocycles. The van der Waals surface area contributed by atoms with Gasteiger partial charge < -0.3 is 24.5 Å². The molecule has 0 aliphatic heterocycles. The fraction of sp³-hybridized carbons (Fsp3) is 0.292. The molecule has 0 aliphatic rings. The minimum atomic E-state index is -4.82. The normalized spacial score (nSPS) is 11.4. The summed E-state index contributed by atoms with van der Waals surface area (Å²) in [5.41, 5.74) is 9.16. The molecule has 0 saturated heterocycles. The molecule has 2 N–H and O–H groups in total. The third kappa shape index (κ3) is 5.24. The number of ether oxygens (including phenoxy) is 3. The van der Waals surface area contributed by atoms with Crippen LogP contribution in [0, 0.1) is 13.8 Å². The molecule has 2 aromatic carbocycles. The van der Waals surface area contributed by atoms with E-state index in [0.717, 1.165) is 5.56 Å². The second-order valence-corrected chi connectivity index (χ2v) is 7.45. The lowest BCUT2D eigenvalue weighted by Gasteiger charge is -2.13. The number of nitrogens with two attached hydrogens (primary N) is 1. The first kappa shape index (κ1) is 24.0. The van der Waals surface area contributed by atoms with Crippen molar-refractivity contribution < 1.29 is 32.2 Å². The van der Waals surface area contributed by atoms with E-state index in [2.05, 4.69) is 4.74 Å². The van der Waals surface area contributed by atoms with Crippen molar-refractivity contribution in [3.8, 4) is 28.4 Å². The van der Waals surface area contributed by atoms with E-state index in [4.69, 9.17) is 15.2 Å². The van der Waals surface area contributed by atoms with Crippen LogP contribution < -0.4 is 19.9 Å². The molecule has 33 heavy (non-hydrogen) atoms. The van der Waals surface area contributed by atoms with Crippen molar-refractivity contribution >= 4 is 5.91 Å². The summed E-state index contributed by atoms with van der Waals surface area (Å²) in [6.07, 6.45) is -4.20. The maximum Gasteiger partial charge on any atom is 0.573 e. The number of benzene rings is 2. The van der Waals surface area contributed by atoms with Gasteiger partial charge in [0.1, 0.15) is 5.75 Å². The Kier molecular flexibility index (Phi) is 6.90. The Balaban J connectivity index is 1.99. The summed E-state index contributed by atoms with van der Waals surface area (Å²) in [7, 11) is 3.12. The Morgan fingerprint density at radius 3 is 2.30 bits per heavy atom. The molecule has 9 heteroatoms. The van der Waals surface area contributed by atoms with Gasteiger partial charge in [0.2, 0.25) is 0 Å². The predicted molar refractivity (Wildman–Crippen MR) is 118 cm³/mol. The highest BCUT2D eigenvalue weighted by Gasteiger charge is 2.31. The van der Waals surface area contributed by atoms with E-state index in [1.165, 1.54) is 18.2 Å². The molecular formula is C24H25F3N2O4. The first-order chi connectivity index (χ1) is 15.6. The Morgan fingerprint density at radius 2 is 1.70 bits per heavy atom. The highest BCUT2D eigenvalue weighted by Crippen LogP contribution is 2.35. The van der Waals surface area contributed by atoms with Crippen LogP contribution >= 0.6 is 0 Å². The Morgan fingerprint density at radius 1 is 1.00 bits per heavy atom. The van der Waals surface area contributed by atoms with Crippen molar-refractivity contribution in [3.05, 3.63) is 65.0 Å². The van der Waals surface area contributed by atoms with Crippen molar-refractivity contribution in [2.45, 2.75) is 33.2 Å². The molecule has 0 saturated carbocycles. The van der Waals surface area contributed by atoms with Crippen LogP contribution in [0.2, 0.25) is 0 Å². The van der Waals surface area contributed by atoms with Gasteiger partial charge in [-0.25, -0.2) is 0 Å². The second kappa shape index (κ2) is 9.48. The molecule has 1 amide bonds. The fourth-order valence-electron chi connectivity index (χ4n) is 4.00. The van der Waals surface area contributed by atoms with Crippen LogP contribution in [0.25, 0.3) is 11.1 Å². The summed E-state index contributed by atoms with van der Waals surface area (Å²) >= 11 is 0. The zero-order valence-corrected chi connectivity index (χ0v) is 18.7. The number of nitrogens with zero attached hydrogens (tertiary/aromatic N) is 1. The molecule has 3 aromatic rings. The third-order valence-corrected chi connectivity index (χ3v) is 5.46. The number of carbonyl (C=O) groups is 1. The number of aryl methyl sites for hydroxylation is 1. The topological polar surface area (TPSA) is 75.7 Å². The van der Waals surface area contributed by atoms with Gasteiger partial charge in [-0.3, -0.25) is 4.79 Å². The first-order valence-corrected chi connectivity index (χ1v) is 10.1. The van der Waals surface area contributed by atoms with Gasteiger partial charge in [0.05, 0.1) is 19.8 Å². The standard InChI is InChI=1S/C24H25F3N2O4/c1-14-21(17-6-5-7-18(13-17)33-24(25,26)27)22(23(28)30)15(2)29(14)11-10-16-8-9-19(31-3)20(12-16)32-4/h5-9,12-13H,10-11H2,1-4H3,(H2,28,30). The SMILES string of the molecule is COc1ccc(CCn2c(C)c(C(N)=O)c(-c3cccc(OC(F)(F)F)c3)c2C)cc1OC. The van der Waals surface area contributed by atoms with E-state index in [0.29, 0.717) is 47.0 Å². The van der Waals surface area contributed by atoms with Gasteiger partial charge in [-0.2, -0.15) is 0 Å². The van der Waals surface area contributed by atoms with E-state index < -0.39 is 12.3 Å². The maximum atomic E-state index is 12.7. The average molecular weight is 462 g/mol. The van der Waals surface area contributed by atoms with Crippen LogP contribution in [0.5, 0.6) is 17.2 Å². The number of carbonyl (C=O) groups excluding carboxylic acids is 1. The number of amides is 1. The Labute approximate surface area is 189 Å². The lowest BCUT2D eigenvalue weighted by Crippen LogP contribution is -2.17. The van der Waals surface area contributed by atoms with Gasteiger partial charge in [0, 0.05) is 23.5 Å². The summed E-state index contributed by atoms with van der Waals surface area (Å²) in [5.74, 6) is 0.202. The van der Waals surface area contributed by atoms with Gasteiger partial charge in [0.25, 0.3) is 5.91 Å². The largest absolute Gasteiger partial charge is 0.573 e. The second-order valence-electron chi connectivity index (χ2n) is 7.45.